The maximum absolute atomic E-state index is 5.73. The zero-order valence-corrected chi connectivity index (χ0v) is 11.2. The molecular weight excluding hydrogens is 262 g/mol. The molecule has 2 heterocycles. The van der Waals surface area contributed by atoms with Crippen LogP contribution < -0.4 is 10.5 Å². The van der Waals surface area contributed by atoms with Gasteiger partial charge in [0.15, 0.2) is 5.82 Å². The zero-order chi connectivity index (χ0) is 13.2. The zero-order valence-electron chi connectivity index (χ0n) is 10.4. The van der Waals surface area contributed by atoms with E-state index in [1.165, 1.54) is 11.3 Å². The third kappa shape index (κ3) is 2.37. The van der Waals surface area contributed by atoms with E-state index in [0.29, 0.717) is 23.1 Å². The van der Waals surface area contributed by atoms with Crippen molar-refractivity contribution in [1.29, 1.82) is 0 Å². The van der Waals surface area contributed by atoms with Crippen LogP contribution in [0.15, 0.2) is 24.3 Å². The fourth-order valence-electron chi connectivity index (χ4n) is 1.80. The van der Waals surface area contributed by atoms with Crippen LogP contribution in [-0.4, -0.2) is 26.4 Å². The van der Waals surface area contributed by atoms with Gasteiger partial charge in [0, 0.05) is 6.42 Å². The summed E-state index contributed by atoms with van der Waals surface area (Å²) in [4.78, 5) is 0.711. The molecule has 0 aliphatic heterocycles. The van der Waals surface area contributed by atoms with E-state index in [2.05, 4.69) is 15.3 Å². The highest BCUT2D eigenvalue weighted by Gasteiger charge is 2.10. The van der Waals surface area contributed by atoms with Crippen LogP contribution in [0.3, 0.4) is 0 Å². The fourth-order valence-corrected chi connectivity index (χ4v) is 2.42. The minimum absolute atomic E-state index is 0.492. The van der Waals surface area contributed by atoms with Crippen LogP contribution in [0.1, 0.15) is 11.4 Å². The molecule has 3 rings (SSSR count). The van der Waals surface area contributed by atoms with Gasteiger partial charge in [-0.2, -0.15) is 4.52 Å². The Balaban J connectivity index is 1.68. The van der Waals surface area contributed by atoms with E-state index in [1.807, 2.05) is 31.2 Å². The van der Waals surface area contributed by atoms with E-state index in [-0.39, 0.29) is 0 Å². The molecule has 3 aromatic rings. The Labute approximate surface area is 113 Å². The molecule has 6 nitrogen and oxygen atoms in total. The Bertz CT molecular complexity index is 705. The summed E-state index contributed by atoms with van der Waals surface area (Å²) in [5, 5.41) is 12.7. The van der Waals surface area contributed by atoms with Crippen LogP contribution in [0, 0.1) is 6.92 Å². The van der Waals surface area contributed by atoms with Gasteiger partial charge in [0.2, 0.25) is 10.1 Å². The van der Waals surface area contributed by atoms with Crippen molar-refractivity contribution < 1.29 is 4.74 Å². The number of fused-ring (bicyclic) bond motifs is 1. The van der Waals surface area contributed by atoms with Gasteiger partial charge in [0.05, 0.1) is 6.61 Å². The molecule has 2 N–H and O–H groups in total. The number of rotatable bonds is 4. The number of ether oxygens (including phenoxy) is 1. The molecule has 0 saturated carbocycles. The lowest BCUT2D eigenvalue weighted by Crippen LogP contribution is -2.06. The van der Waals surface area contributed by atoms with Crippen molar-refractivity contribution in [2.45, 2.75) is 13.3 Å². The summed E-state index contributed by atoms with van der Waals surface area (Å²) >= 11 is 1.32. The van der Waals surface area contributed by atoms with Crippen molar-refractivity contribution in [2.75, 3.05) is 12.3 Å². The number of nitrogens with zero attached hydrogens (tertiary/aromatic N) is 4. The molecule has 0 radical (unpaired) electrons. The minimum Gasteiger partial charge on any atom is -0.493 e. The molecule has 0 aliphatic rings. The molecule has 98 valence electrons. The summed E-state index contributed by atoms with van der Waals surface area (Å²) in [7, 11) is 0. The number of aromatic nitrogens is 4. The number of para-hydroxylation sites is 1. The second-order valence-corrected chi connectivity index (χ2v) is 5.10. The fraction of sp³-hybridized carbons (Fsp3) is 0.250. The Morgan fingerprint density at radius 2 is 2.16 bits per heavy atom. The quantitative estimate of drug-likeness (QED) is 0.784. The summed E-state index contributed by atoms with van der Waals surface area (Å²) in [5.74, 6) is 1.65. The van der Waals surface area contributed by atoms with Crippen LogP contribution in [0.5, 0.6) is 5.75 Å². The lowest BCUT2D eigenvalue weighted by Gasteiger charge is -2.07. The standard InChI is InChI=1S/C12H13N5OS/c1-8-4-2-3-5-9(8)18-7-6-10-14-15-12-17(10)16-11(13)19-12/h2-5H,6-7H2,1H3,(H2,13,16). The summed E-state index contributed by atoms with van der Waals surface area (Å²) in [6.45, 7) is 2.55. The van der Waals surface area contributed by atoms with Crippen molar-refractivity contribution in [1.82, 2.24) is 19.8 Å². The van der Waals surface area contributed by atoms with Gasteiger partial charge in [-0.05, 0) is 18.6 Å². The van der Waals surface area contributed by atoms with Gasteiger partial charge >= 0.3 is 0 Å². The van der Waals surface area contributed by atoms with Gasteiger partial charge < -0.3 is 10.5 Å². The Hall–Kier alpha value is -2.15. The Morgan fingerprint density at radius 3 is 3.00 bits per heavy atom. The number of aryl methyl sites for hydroxylation is 1. The number of nitrogen functional groups attached to an aromatic ring is 1. The molecular formula is C12H13N5OS. The van der Waals surface area contributed by atoms with Crippen molar-refractivity contribution in [2.24, 2.45) is 0 Å². The largest absolute Gasteiger partial charge is 0.493 e. The highest BCUT2D eigenvalue weighted by molar-refractivity contribution is 7.20. The molecule has 0 aliphatic carbocycles. The van der Waals surface area contributed by atoms with Gasteiger partial charge in [0.25, 0.3) is 0 Å². The molecule has 0 fully saturated rings. The summed E-state index contributed by atoms with van der Waals surface area (Å²) < 4.78 is 7.40. The third-order valence-electron chi connectivity index (χ3n) is 2.75. The van der Waals surface area contributed by atoms with Crippen molar-refractivity contribution >= 4 is 21.4 Å². The lowest BCUT2D eigenvalue weighted by atomic mass is 10.2. The second kappa shape index (κ2) is 4.85. The van der Waals surface area contributed by atoms with E-state index >= 15 is 0 Å². The van der Waals surface area contributed by atoms with Crippen LogP contribution in [0.2, 0.25) is 0 Å². The van der Waals surface area contributed by atoms with Gasteiger partial charge in [-0.15, -0.1) is 15.3 Å². The molecule has 0 bridgehead atoms. The first-order valence-corrected chi connectivity index (χ1v) is 6.71. The van der Waals surface area contributed by atoms with E-state index in [1.54, 1.807) is 4.52 Å². The molecule has 1 aromatic carbocycles. The van der Waals surface area contributed by atoms with Crippen molar-refractivity contribution in [3.63, 3.8) is 0 Å². The predicted molar refractivity (Wildman–Crippen MR) is 73.4 cm³/mol. The normalized spacial score (nSPS) is 11.0. The van der Waals surface area contributed by atoms with Crippen LogP contribution in [-0.2, 0) is 6.42 Å². The molecule has 0 atom stereocenters. The monoisotopic (exact) mass is 275 g/mol. The maximum Gasteiger partial charge on any atom is 0.236 e. The average molecular weight is 275 g/mol. The van der Waals surface area contributed by atoms with Crippen LogP contribution in [0.25, 0.3) is 4.96 Å². The Kier molecular flexibility index (Phi) is 3.04. The van der Waals surface area contributed by atoms with Gasteiger partial charge in [-0.1, -0.05) is 29.5 Å². The number of benzene rings is 1. The Morgan fingerprint density at radius 1 is 1.32 bits per heavy atom. The van der Waals surface area contributed by atoms with Crippen molar-refractivity contribution in [3.05, 3.63) is 35.7 Å². The topological polar surface area (TPSA) is 78.3 Å². The van der Waals surface area contributed by atoms with Gasteiger partial charge in [0.1, 0.15) is 5.75 Å². The number of hydrogen-bond donors (Lipinski definition) is 1. The molecule has 2 aromatic heterocycles. The van der Waals surface area contributed by atoms with E-state index in [9.17, 15) is 0 Å². The summed E-state index contributed by atoms with van der Waals surface area (Å²) in [5.41, 5.74) is 6.75. The number of nitrogens with two attached hydrogens (primary N) is 1. The molecule has 0 unspecified atom stereocenters. The van der Waals surface area contributed by atoms with Crippen molar-refractivity contribution in [3.8, 4) is 5.75 Å². The van der Waals surface area contributed by atoms with Crippen LogP contribution in [0.4, 0.5) is 5.13 Å². The number of anilines is 1. The summed E-state index contributed by atoms with van der Waals surface area (Å²) in [6, 6.07) is 7.92. The second-order valence-electron chi connectivity index (χ2n) is 4.11. The molecule has 0 amide bonds. The smallest absolute Gasteiger partial charge is 0.236 e. The molecule has 19 heavy (non-hydrogen) atoms. The van der Waals surface area contributed by atoms with E-state index in [4.69, 9.17) is 10.5 Å². The highest BCUT2D eigenvalue weighted by atomic mass is 32.1. The molecule has 0 saturated heterocycles. The van der Waals surface area contributed by atoms with E-state index in [0.717, 1.165) is 17.1 Å². The minimum atomic E-state index is 0.492. The maximum atomic E-state index is 5.73. The first-order chi connectivity index (χ1) is 9.24. The lowest BCUT2D eigenvalue weighted by molar-refractivity contribution is 0.316. The van der Waals surface area contributed by atoms with E-state index < -0.39 is 0 Å². The first-order valence-electron chi connectivity index (χ1n) is 5.89. The SMILES string of the molecule is Cc1ccccc1OCCc1nnc2sc(N)nn12. The first kappa shape index (κ1) is 11.9. The number of hydrogen-bond acceptors (Lipinski definition) is 6. The summed E-state index contributed by atoms with van der Waals surface area (Å²) in [6.07, 6.45) is 0.638. The molecule has 0 spiro atoms. The predicted octanol–water partition coefficient (Wildman–Crippen LogP) is 1.70. The van der Waals surface area contributed by atoms with Gasteiger partial charge in [-0.25, -0.2) is 0 Å². The average Bonchev–Trinajstić information content (AvgIpc) is 2.92. The highest BCUT2D eigenvalue weighted by Crippen LogP contribution is 2.17. The molecule has 7 heteroatoms. The van der Waals surface area contributed by atoms with Gasteiger partial charge in [-0.3, -0.25) is 0 Å². The third-order valence-corrected chi connectivity index (χ3v) is 3.48. The van der Waals surface area contributed by atoms with Crippen LogP contribution >= 0.6 is 11.3 Å².